The highest BCUT2D eigenvalue weighted by Gasteiger charge is 2.16. The quantitative estimate of drug-likeness (QED) is 0.669. The number of rotatable bonds is 4. The third-order valence-electron chi connectivity index (χ3n) is 4.43. The molecule has 0 aliphatic rings. The van der Waals surface area contributed by atoms with Crippen molar-refractivity contribution in [1.29, 1.82) is 0 Å². The average molecular weight is 363 g/mol. The van der Waals surface area contributed by atoms with E-state index in [1.807, 2.05) is 37.0 Å². The lowest BCUT2D eigenvalue weighted by Crippen LogP contribution is -2.22. The van der Waals surface area contributed by atoms with Gasteiger partial charge in [0.15, 0.2) is 5.65 Å². The molecule has 0 aliphatic carbocycles. The topological polar surface area (TPSA) is 34.0 Å². The number of hydrogen-bond donors (Lipinski definition) is 0. The van der Waals surface area contributed by atoms with Crippen molar-refractivity contribution in [2.75, 3.05) is 7.05 Å². The van der Waals surface area contributed by atoms with Crippen LogP contribution in [0.3, 0.4) is 0 Å². The summed E-state index contributed by atoms with van der Waals surface area (Å²) in [5, 5.41) is 6.87. The fourth-order valence-corrected chi connectivity index (χ4v) is 3.51. The zero-order chi connectivity index (χ0) is 17.4. The fraction of sp³-hybridized carbons (Fsp3) is 0.333. The predicted molar refractivity (Wildman–Crippen MR) is 99.6 cm³/mol. The molecular weight excluding hydrogens is 343 g/mol. The van der Waals surface area contributed by atoms with Crippen LogP contribution in [0, 0.1) is 6.92 Å². The number of pyridine rings is 1. The molecule has 0 spiro atoms. The maximum absolute atomic E-state index is 6.34. The second kappa shape index (κ2) is 6.71. The summed E-state index contributed by atoms with van der Waals surface area (Å²) < 4.78 is 1.81. The minimum atomic E-state index is 0.167. The van der Waals surface area contributed by atoms with Crippen LogP contribution >= 0.6 is 23.2 Å². The van der Waals surface area contributed by atoms with E-state index >= 15 is 0 Å². The molecule has 3 aromatic rings. The average Bonchev–Trinajstić information content (AvgIpc) is 2.81. The van der Waals surface area contributed by atoms with Crippen LogP contribution in [0.25, 0.3) is 11.0 Å². The van der Waals surface area contributed by atoms with Gasteiger partial charge in [-0.25, -0.2) is 4.98 Å². The molecule has 1 aromatic carbocycles. The van der Waals surface area contributed by atoms with Gasteiger partial charge in [0.05, 0.1) is 5.69 Å². The third kappa shape index (κ3) is 3.27. The summed E-state index contributed by atoms with van der Waals surface area (Å²) in [6.07, 6.45) is 1.91. The fourth-order valence-electron chi connectivity index (χ4n) is 2.94. The number of hydrogen-bond acceptors (Lipinski definition) is 3. The largest absolute Gasteiger partial charge is 0.295 e. The van der Waals surface area contributed by atoms with Crippen molar-refractivity contribution < 1.29 is 0 Å². The molecule has 24 heavy (non-hydrogen) atoms. The highest BCUT2D eigenvalue weighted by Crippen LogP contribution is 2.30. The smallest absolute Gasteiger partial charge is 0.157 e. The second-order valence-electron chi connectivity index (χ2n) is 6.18. The maximum atomic E-state index is 6.34. The molecule has 4 nitrogen and oxygen atoms in total. The molecule has 0 amide bonds. The van der Waals surface area contributed by atoms with Crippen molar-refractivity contribution in [2.24, 2.45) is 7.05 Å². The summed E-state index contributed by atoms with van der Waals surface area (Å²) in [4.78, 5) is 6.79. The van der Waals surface area contributed by atoms with E-state index < -0.39 is 0 Å². The van der Waals surface area contributed by atoms with E-state index in [0.717, 1.165) is 34.4 Å². The van der Waals surface area contributed by atoms with E-state index in [1.165, 1.54) is 0 Å². The van der Waals surface area contributed by atoms with E-state index in [1.54, 1.807) is 6.07 Å². The van der Waals surface area contributed by atoms with E-state index in [2.05, 4.69) is 35.0 Å². The molecule has 126 valence electrons. The SMILES string of the molecule is Cc1nn(C)c2ncc(CN(C)C(C)c3ccc(Cl)cc3Cl)cc12. The first-order valence-corrected chi connectivity index (χ1v) is 8.56. The van der Waals surface area contributed by atoms with Gasteiger partial charge in [0.25, 0.3) is 0 Å². The Balaban J connectivity index is 1.83. The Bertz CT molecular complexity index is 888. The monoisotopic (exact) mass is 362 g/mol. The van der Waals surface area contributed by atoms with Crippen LogP contribution in [0.15, 0.2) is 30.5 Å². The maximum Gasteiger partial charge on any atom is 0.157 e. The van der Waals surface area contributed by atoms with E-state index in [9.17, 15) is 0 Å². The third-order valence-corrected chi connectivity index (χ3v) is 4.99. The molecule has 0 fully saturated rings. The van der Waals surface area contributed by atoms with Crippen LogP contribution in [-0.4, -0.2) is 26.7 Å². The van der Waals surface area contributed by atoms with E-state index in [-0.39, 0.29) is 6.04 Å². The highest BCUT2D eigenvalue weighted by molar-refractivity contribution is 6.35. The summed E-state index contributed by atoms with van der Waals surface area (Å²) in [5.74, 6) is 0. The molecule has 6 heteroatoms. The highest BCUT2D eigenvalue weighted by atomic mass is 35.5. The van der Waals surface area contributed by atoms with Gasteiger partial charge in [-0.2, -0.15) is 5.10 Å². The number of halogens is 2. The normalized spacial score (nSPS) is 13.0. The Morgan fingerprint density at radius 3 is 2.71 bits per heavy atom. The summed E-state index contributed by atoms with van der Waals surface area (Å²) in [6.45, 7) is 4.92. The Morgan fingerprint density at radius 2 is 2.00 bits per heavy atom. The van der Waals surface area contributed by atoms with Gasteiger partial charge in [-0.15, -0.1) is 0 Å². The molecule has 2 heterocycles. The standard InChI is InChI=1S/C18H20Cl2N4/c1-11-16-7-13(9-21-18(16)24(4)22-11)10-23(3)12(2)15-6-5-14(19)8-17(15)20/h5-9,12H,10H2,1-4H3. The summed E-state index contributed by atoms with van der Waals surface area (Å²) in [5.41, 5.74) is 4.12. The first-order valence-electron chi connectivity index (χ1n) is 7.80. The van der Waals surface area contributed by atoms with Crippen molar-refractivity contribution in [3.63, 3.8) is 0 Å². The molecule has 1 unspecified atom stereocenters. The van der Waals surface area contributed by atoms with Crippen LogP contribution in [0.1, 0.15) is 29.8 Å². The Labute approximate surface area is 152 Å². The minimum Gasteiger partial charge on any atom is -0.295 e. The molecule has 0 aliphatic heterocycles. The van der Waals surface area contributed by atoms with Gasteiger partial charge in [-0.1, -0.05) is 29.3 Å². The Hall–Kier alpha value is -1.62. The molecule has 0 bridgehead atoms. The molecule has 0 N–H and O–H groups in total. The Morgan fingerprint density at radius 1 is 1.25 bits per heavy atom. The lowest BCUT2D eigenvalue weighted by Gasteiger charge is -2.26. The summed E-state index contributed by atoms with van der Waals surface area (Å²) in [7, 11) is 3.99. The molecule has 1 atom stereocenters. The number of benzene rings is 1. The first kappa shape index (κ1) is 17.2. The van der Waals surface area contributed by atoms with Crippen LogP contribution in [0.2, 0.25) is 10.0 Å². The van der Waals surface area contributed by atoms with Crippen LogP contribution in [-0.2, 0) is 13.6 Å². The lowest BCUT2D eigenvalue weighted by molar-refractivity contribution is 0.253. The van der Waals surface area contributed by atoms with Gasteiger partial charge in [0.2, 0.25) is 0 Å². The van der Waals surface area contributed by atoms with Gasteiger partial charge in [-0.3, -0.25) is 9.58 Å². The zero-order valence-electron chi connectivity index (χ0n) is 14.2. The minimum absolute atomic E-state index is 0.167. The van der Waals surface area contributed by atoms with Crippen LogP contribution < -0.4 is 0 Å². The van der Waals surface area contributed by atoms with Gasteiger partial charge in [0, 0.05) is 41.3 Å². The van der Waals surface area contributed by atoms with E-state index in [0.29, 0.717) is 10.0 Å². The van der Waals surface area contributed by atoms with Crippen molar-refractivity contribution in [1.82, 2.24) is 19.7 Å². The second-order valence-corrected chi connectivity index (χ2v) is 7.02. The summed E-state index contributed by atoms with van der Waals surface area (Å²) in [6, 6.07) is 7.98. The van der Waals surface area contributed by atoms with Crippen LogP contribution in [0.5, 0.6) is 0 Å². The van der Waals surface area contributed by atoms with Crippen molar-refractivity contribution >= 4 is 34.2 Å². The van der Waals surface area contributed by atoms with Gasteiger partial charge < -0.3 is 0 Å². The lowest BCUT2D eigenvalue weighted by atomic mass is 10.1. The molecule has 0 radical (unpaired) electrons. The van der Waals surface area contributed by atoms with E-state index in [4.69, 9.17) is 23.2 Å². The van der Waals surface area contributed by atoms with Crippen molar-refractivity contribution in [3.05, 3.63) is 57.3 Å². The van der Waals surface area contributed by atoms with Gasteiger partial charge in [-0.05, 0) is 50.2 Å². The molecule has 3 rings (SSSR count). The van der Waals surface area contributed by atoms with Crippen molar-refractivity contribution in [3.8, 4) is 0 Å². The molecular formula is C18H20Cl2N4. The summed E-state index contributed by atoms with van der Waals surface area (Å²) >= 11 is 12.3. The first-order chi connectivity index (χ1) is 11.4. The predicted octanol–water partition coefficient (Wildman–Crippen LogP) is 4.78. The zero-order valence-corrected chi connectivity index (χ0v) is 15.7. The Kier molecular flexibility index (Phi) is 4.81. The molecule has 0 saturated heterocycles. The van der Waals surface area contributed by atoms with Crippen molar-refractivity contribution in [2.45, 2.75) is 26.4 Å². The number of nitrogens with zero attached hydrogens (tertiary/aromatic N) is 4. The number of aryl methyl sites for hydroxylation is 2. The molecule has 2 aromatic heterocycles. The molecule has 0 saturated carbocycles. The van der Waals surface area contributed by atoms with Gasteiger partial charge in [0.1, 0.15) is 0 Å². The van der Waals surface area contributed by atoms with Gasteiger partial charge >= 0.3 is 0 Å². The number of fused-ring (bicyclic) bond motifs is 1. The van der Waals surface area contributed by atoms with Crippen LogP contribution in [0.4, 0.5) is 0 Å². The number of aromatic nitrogens is 3.